The van der Waals surface area contributed by atoms with Crippen LogP contribution in [0, 0.1) is 0 Å². The van der Waals surface area contributed by atoms with Crippen LogP contribution >= 0.6 is 12.4 Å². The first kappa shape index (κ1) is 24.1. The third-order valence-electron chi connectivity index (χ3n) is 5.06. The molecule has 1 fully saturated rings. The Morgan fingerprint density at radius 1 is 1.28 bits per heavy atom. The van der Waals surface area contributed by atoms with Gasteiger partial charge in [-0.15, -0.1) is 12.4 Å². The van der Waals surface area contributed by atoms with E-state index in [-0.39, 0.29) is 36.8 Å². The van der Waals surface area contributed by atoms with Crippen molar-refractivity contribution in [2.75, 3.05) is 6.54 Å². The van der Waals surface area contributed by atoms with Gasteiger partial charge in [-0.3, -0.25) is 9.78 Å². The summed E-state index contributed by atoms with van der Waals surface area (Å²) in [6.07, 6.45) is 2.38. The largest absolute Gasteiger partial charge is 0.349 e. The Morgan fingerprint density at radius 3 is 2.75 bits per heavy atom. The number of halogens is 3. The maximum atomic E-state index is 13.3. The zero-order valence-electron chi connectivity index (χ0n) is 16.6. The third kappa shape index (κ3) is 4.90. The van der Waals surface area contributed by atoms with Crippen molar-refractivity contribution in [2.45, 2.75) is 36.6 Å². The predicted octanol–water partition coefficient (Wildman–Crippen LogP) is 2.28. The maximum Gasteiger partial charge on any atom is 0.345 e. The molecule has 0 saturated carbocycles. The van der Waals surface area contributed by atoms with E-state index in [1.54, 1.807) is 36.5 Å². The number of pyridine rings is 1. The molecule has 1 saturated heterocycles. The molecule has 2 aromatic heterocycles. The van der Waals surface area contributed by atoms with Crippen molar-refractivity contribution < 1.29 is 26.7 Å². The van der Waals surface area contributed by atoms with Crippen LogP contribution in [0.2, 0.25) is 0 Å². The Balaban J connectivity index is 0.00000289. The summed E-state index contributed by atoms with van der Waals surface area (Å²) in [5, 5.41) is 6.14. The monoisotopic (exact) mass is 486 g/mol. The van der Waals surface area contributed by atoms with E-state index < -0.39 is 34.7 Å². The van der Waals surface area contributed by atoms with E-state index in [1.807, 2.05) is 0 Å². The van der Waals surface area contributed by atoms with E-state index >= 15 is 0 Å². The van der Waals surface area contributed by atoms with Crippen molar-refractivity contribution >= 4 is 39.2 Å². The van der Waals surface area contributed by atoms with Gasteiger partial charge < -0.3 is 15.4 Å². The van der Waals surface area contributed by atoms with E-state index in [0.717, 1.165) is 0 Å². The highest BCUT2D eigenvalue weighted by molar-refractivity contribution is 7.90. The number of aromatic nitrogens is 2. The van der Waals surface area contributed by atoms with E-state index in [1.165, 1.54) is 22.3 Å². The second-order valence-corrected chi connectivity index (χ2v) is 8.87. The first-order chi connectivity index (χ1) is 14.9. The molecule has 0 radical (unpaired) electrons. The van der Waals surface area contributed by atoms with E-state index in [4.69, 9.17) is 0 Å². The lowest BCUT2D eigenvalue weighted by molar-refractivity contribution is -0.157. The molecule has 1 aromatic carbocycles. The molecule has 1 aliphatic rings. The highest BCUT2D eigenvalue weighted by atomic mass is 35.5. The van der Waals surface area contributed by atoms with Gasteiger partial charge in [0.2, 0.25) is 5.91 Å². The van der Waals surface area contributed by atoms with Gasteiger partial charge in [0.25, 0.3) is 10.0 Å². The number of rotatable bonds is 7. The summed E-state index contributed by atoms with van der Waals surface area (Å²) in [7, 11) is -3.92. The molecule has 0 bridgehead atoms. The lowest BCUT2D eigenvalue weighted by Crippen LogP contribution is -2.40. The van der Waals surface area contributed by atoms with Crippen LogP contribution in [0.25, 0.3) is 10.9 Å². The van der Waals surface area contributed by atoms with Gasteiger partial charge >= 0.3 is 6.61 Å². The van der Waals surface area contributed by atoms with Gasteiger partial charge in [0.05, 0.1) is 34.8 Å². The fourth-order valence-electron chi connectivity index (χ4n) is 3.65. The molecule has 2 N–H and O–H groups in total. The molecular weight excluding hydrogens is 466 g/mol. The number of fused-ring (bicyclic) bond motifs is 1. The molecule has 0 spiro atoms. The Morgan fingerprint density at radius 2 is 2.03 bits per heavy atom. The van der Waals surface area contributed by atoms with Crippen LogP contribution < -0.4 is 10.6 Å². The number of alkyl halides is 2. The summed E-state index contributed by atoms with van der Waals surface area (Å²) in [5.41, 5.74) is 0.783. The number of hydrogen-bond acceptors (Lipinski definition) is 6. The molecule has 0 unspecified atom stereocenters. The van der Waals surface area contributed by atoms with Crippen LogP contribution in [0.1, 0.15) is 12.1 Å². The van der Waals surface area contributed by atoms with Gasteiger partial charge in [-0.25, -0.2) is 12.4 Å². The van der Waals surface area contributed by atoms with Crippen molar-refractivity contribution in [3.63, 3.8) is 0 Å². The highest BCUT2D eigenvalue weighted by Gasteiger charge is 2.32. The number of ether oxygens (including phenoxy) is 1. The lowest BCUT2D eigenvalue weighted by atomic mass is 10.2. The minimum atomic E-state index is -3.92. The summed E-state index contributed by atoms with van der Waals surface area (Å²) in [6.45, 7) is -2.84. The number of amides is 1. The fraction of sp³-hybridized carbons (Fsp3) is 0.300. The number of benzene rings is 1. The Hall–Kier alpha value is -2.60. The number of nitrogens with zero attached hydrogens (tertiary/aromatic N) is 2. The van der Waals surface area contributed by atoms with Crippen LogP contribution in [0.5, 0.6) is 0 Å². The smallest absolute Gasteiger partial charge is 0.345 e. The molecule has 32 heavy (non-hydrogen) atoms. The van der Waals surface area contributed by atoms with Crippen LogP contribution in [0.3, 0.4) is 0 Å². The zero-order chi connectivity index (χ0) is 22.0. The summed E-state index contributed by atoms with van der Waals surface area (Å²) >= 11 is 0. The van der Waals surface area contributed by atoms with Crippen molar-refractivity contribution in [1.29, 1.82) is 0 Å². The molecular formula is C20H21ClF2N4O4S. The van der Waals surface area contributed by atoms with Crippen LogP contribution in [-0.2, 0) is 26.1 Å². The van der Waals surface area contributed by atoms with Crippen LogP contribution in [-0.4, -0.2) is 48.6 Å². The van der Waals surface area contributed by atoms with Crippen molar-refractivity contribution in [2.24, 2.45) is 0 Å². The average molecular weight is 487 g/mol. The van der Waals surface area contributed by atoms with Gasteiger partial charge in [-0.2, -0.15) is 8.78 Å². The van der Waals surface area contributed by atoms with Crippen molar-refractivity contribution in [3.8, 4) is 0 Å². The minimum absolute atomic E-state index is 0. The minimum Gasteiger partial charge on any atom is -0.349 e. The molecule has 1 aliphatic heterocycles. The third-order valence-corrected chi connectivity index (χ3v) is 6.84. The molecule has 2 atom stereocenters. The van der Waals surface area contributed by atoms with E-state index in [0.29, 0.717) is 16.6 Å². The SMILES string of the molecule is Cl.O=C(NCc1cc2cnccc2n1S(=O)(=O)c1ccccc1)[C@@H]1C[C@@H](OC(F)F)CN1. The summed E-state index contributed by atoms with van der Waals surface area (Å²) in [4.78, 5) is 16.7. The molecule has 3 aromatic rings. The number of hydrogen-bond donors (Lipinski definition) is 2. The molecule has 4 rings (SSSR count). The van der Waals surface area contributed by atoms with Gasteiger partial charge in [0.1, 0.15) is 0 Å². The summed E-state index contributed by atoms with van der Waals surface area (Å²) in [6, 6.07) is 10.5. The number of carbonyl (C=O) groups excluding carboxylic acids is 1. The molecule has 1 amide bonds. The van der Waals surface area contributed by atoms with E-state index in [9.17, 15) is 22.0 Å². The second kappa shape index (κ2) is 9.90. The molecule has 172 valence electrons. The topological polar surface area (TPSA) is 102 Å². The standard InChI is InChI=1S/C20H20F2N4O4S.ClH/c21-20(22)30-15-9-17(24-12-15)19(27)25-11-14-8-13-10-23-7-6-18(13)26(14)31(28,29)16-4-2-1-3-5-16;/h1-8,10,15,17,20,24H,9,11-12H2,(H,25,27);1H/t15-,17+;/m1./s1. The van der Waals surface area contributed by atoms with Crippen molar-refractivity contribution in [3.05, 3.63) is 60.6 Å². The van der Waals surface area contributed by atoms with Crippen LogP contribution in [0.15, 0.2) is 59.8 Å². The normalized spacial score (nSPS) is 18.6. The molecule has 3 heterocycles. The molecule has 12 heteroatoms. The second-order valence-electron chi connectivity index (χ2n) is 7.09. The van der Waals surface area contributed by atoms with E-state index in [2.05, 4.69) is 20.4 Å². The predicted molar refractivity (Wildman–Crippen MR) is 115 cm³/mol. The lowest BCUT2D eigenvalue weighted by Gasteiger charge is -2.14. The Bertz CT molecular complexity index is 1190. The maximum absolute atomic E-state index is 13.3. The van der Waals surface area contributed by atoms with Gasteiger partial charge in [-0.1, -0.05) is 18.2 Å². The number of carbonyl (C=O) groups is 1. The van der Waals surface area contributed by atoms with Crippen LogP contribution in [0.4, 0.5) is 8.78 Å². The average Bonchev–Trinajstić information content (AvgIpc) is 3.36. The van der Waals surface area contributed by atoms with Gasteiger partial charge in [0.15, 0.2) is 0 Å². The fourth-order valence-corrected chi connectivity index (χ4v) is 5.21. The Kier molecular flexibility index (Phi) is 7.44. The Labute approximate surface area is 189 Å². The highest BCUT2D eigenvalue weighted by Crippen LogP contribution is 2.25. The quantitative estimate of drug-likeness (QED) is 0.531. The van der Waals surface area contributed by atoms with Crippen molar-refractivity contribution in [1.82, 2.24) is 19.6 Å². The zero-order valence-corrected chi connectivity index (χ0v) is 18.3. The number of nitrogens with one attached hydrogen (secondary N) is 2. The first-order valence-corrected chi connectivity index (χ1v) is 11.0. The van der Waals surface area contributed by atoms with Gasteiger partial charge in [0, 0.05) is 24.3 Å². The summed E-state index contributed by atoms with van der Waals surface area (Å²) < 4.78 is 57.0. The molecule has 0 aliphatic carbocycles. The van der Waals surface area contributed by atoms with Gasteiger partial charge in [-0.05, 0) is 30.7 Å². The molecule has 8 nitrogen and oxygen atoms in total. The summed E-state index contributed by atoms with van der Waals surface area (Å²) in [5.74, 6) is -0.424. The first-order valence-electron chi connectivity index (χ1n) is 9.56.